The molecule has 7 heteroatoms. The number of aromatic nitrogens is 2. The van der Waals surface area contributed by atoms with Crippen LogP contribution in [0, 0.1) is 17.1 Å². The highest BCUT2D eigenvalue weighted by atomic mass is 19.1. The van der Waals surface area contributed by atoms with Crippen LogP contribution in [0.5, 0.6) is 0 Å². The van der Waals surface area contributed by atoms with E-state index in [2.05, 4.69) is 20.7 Å². The summed E-state index contributed by atoms with van der Waals surface area (Å²) in [5, 5.41) is 19.3. The van der Waals surface area contributed by atoms with Crippen LogP contribution in [0.2, 0.25) is 0 Å². The largest absolute Gasteiger partial charge is 0.357 e. The smallest absolute Gasteiger partial charge is 0.191 e. The maximum absolute atomic E-state index is 13.9. The second-order valence-electron chi connectivity index (χ2n) is 5.16. The van der Waals surface area contributed by atoms with Crippen LogP contribution in [0.25, 0.3) is 0 Å². The number of nitriles is 1. The van der Waals surface area contributed by atoms with Crippen molar-refractivity contribution in [1.29, 1.82) is 5.26 Å². The highest BCUT2D eigenvalue weighted by Gasteiger charge is 2.04. The number of rotatable bonds is 7. The van der Waals surface area contributed by atoms with Crippen LogP contribution in [0.3, 0.4) is 0 Å². The van der Waals surface area contributed by atoms with Gasteiger partial charge in [-0.05, 0) is 31.5 Å². The van der Waals surface area contributed by atoms with Crippen LogP contribution in [0.15, 0.2) is 41.7 Å². The monoisotopic (exact) mass is 328 g/mol. The average Bonchev–Trinajstić information content (AvgIpc) is 3.10. The third kappa shape index (κ3) is 5.39. The Kier molecular flexibility index (Phi) is 6.77. The molecule has 0 aliphatic carbocycles. The van der Waals surface area contributed by atoms with Crippen LogP contribution in [0.1, 0.15) is 24.5 Å². The molecule has 0 atom stereocenters. The van der Waals surface area contributed by atoms with Crippen molar-refractivity contribution in [3.63, 3.8) is 0 Å². The molecule has 24 heavy (non-hydrogen) atoms. The number of hydrogen-bond donors (Lipinski definition) is 2. The van der Waals surface area contributed by atoms with E-state index in [9.17, 15) is 4.39 Å². The molecule has 2 N–H and O–H groups in total. The summed E-state index contributed by atoms with van der Waals surface area (Å²) in [5.74, 6) is 0.231. The van der Waals surface area contributed by atoms with Crippen molar-refractivity contribution >= 4 is 5.96 Å². The molecule has 6 nitrogen and oxygen atoms in total. The molecule has 2 aromatic rings. The van der Waals surface area contributed by atoms with Crippen molar-refractivity contribution in [2.45, 2.75) is 26.4 Å². The van der Waals surface area contributed by atoms with E-state index in [1.807, 2.05) is 29.9 Å². The molecule has 0 unspecified atom stereocenters. The van der Waals surface area contributed by atoms with E-state index in [1.54, 1.807) is 18.3 Å². The number of aryl methyl sites for hydroxylation is 1. The number of guanidine groups is 1. The van der Waals surface area contributed by atoms with Crippen LogP contribution in [0.4, 0.5) is 4.39 Å². The molecule has 0 amide bonds. The summed E-state index contributed by atoms with van der Waals surface area (Å²) >= 11 is 0. The normalized spacial score (nSPS) is 11.1. The summed E-state index contributed by atoms with van der Waals surface area (Å²) in [4.78, 5) is 4.38. The Hall–Kier alpha value is -2.88. The minimum atomic E-state index is -0.410. The Bertz CT molecular complexity index is 702. The van der Waals surface area contributed by atoms with Gasteiger partial charge in [-0.15, -0.1) is 0 Å². The summed E-state index contributed by atoms with van der Waals surface area (Å²) in [5.41, 5.74) is 0.770. The SMILES string of the molecule is CCNC(=NCc1ccc(C#N)cc1F)NCCCn1cccn1. The minimum absolute atomic E-state index is 0.214. The average molecular weight is 328 g/mol. The maximum Gasteiger partial charge on any atom is 0.191 e. The molecule has 0 saturated carbocycles. The topological polar surface area (TPSA) is 78.0 Å². The van der Waals surface area contributed by atoms with Gasteiger partial charge >= 0.3 is 0 Å². The van der Waals surface area contributed by atoms with Gasteiger partial charge in [0.2, 0.25) is 0 Å². The molecular formula is C17H21FN6. The highest BCUT2D eigenvalue weighted by Crippen LogP contribution is 2.10. The zero-order valence-electron chi connectivity index (χ0n) is 13.7. The summed E-state index contributed by atoms with van der Waals surface area (Å²) in [6.45, 7) is 4.47. The molecular weight excluding hydrogens is 307 g/mol. The third-order valence-corrected chi connectivity index (χ3v) is 3.35. The molecule has 0 spiro atoms. The van der Waals surface area contributed by atoms with E-state index in [0.29, 0.717) is 17.1 Å². The number of halogens is 1. The molecule has 0 aliphatic rings. The van der Waals surface area contributed by atoms with Crippen molar-refractivity contribution < 1.29 is 4.39 Å². The van der Waals surface area contributed by atoms with Crippen LogP contribution in [-0.4, -0.2) is 28.8 Å². The Balaban J connectivity index is 1.86. The molecule has 0 fully saturated rings. The van der Waals surface area contributed by atoms with Gasteiger partial charge in [0.1, 0.15) is 5.82 Å². The number of benzene rings is 1. The lowest BCUT2D eigenvalue weighted by atomic mass is 10.1. The lowest BCUT2D eigenvalue weighted by Crippen LogP contribution is -2.38. The molecule has 0 saturated heterocycles. The van der Waals surface area contributed by atoms with Gasteiger partial charge < -0.3 is 10.6 Å². The van der Waals surface area contributed by atoms with Crippen LogP contribution < -0.4 is 10.6 Å². The van der Waals surface area contributed by atoms with E-state index >= 15 is 0 Å². The van der Waals surface area contributed by atoms with Gasteiger partial charge in [-0.3, -0.25) is 4.68 Å². The molecule has 0 bridgehead atoms. The number of nitrogens with zero attached hydrogens (tertiary/aromatic N) is 4. The zero-order valence-corrected chi connectivity index (χ0v) is 13.7. The van der Waals surface area contributed by atoms with Gasteiger partial charge in [-0.2, -0.15) is 10.4 Å². The highest BCUT2D eigenvalue weighted by molar-refractivity contribution is 5.79. The lowest BCUT2D eigenvalue weighted by Gasteiger charge is -2.11. The molecule has 1 heterocycles. The Morgan fingerprint density at radius 1 is 1.42 bits per heavy atom. The van der Waals surface area contributed by atoms with E-state index in [1.165, 1.54) is 6.07 Å². The van der Waals surface area contributed by atoms with Crippen molar-refractivity contribution in [3.05, 3.63) is 53.6 Å². The molecule has 0 aliphatic heterocycles. The maximum atomic E-state index is 13.9. The van der Waals surface area contributed by atoms with Crippen molar-refractivity contribution in [3.8, 4) is 6.07 Å². The van der Waals surface area contributed by atoms with Gasteiger partial charge in [0.25, 0.3) is 0 Å². The first-order chi connectivity index (χ1) is 11.7. The second-order valence-corrected chi connectivity index (χ2v) is 5.16. The summed E-state index contributed by atoms with van der Waals surface area (Å²) in [6.07, 6.45) is 4.58. The summed E-state index contributed by atoms with van der Waals surface area (Å²) in [6, 6.07) is 8.24. The van der Waals surface area contributed by atoms with Crippen molar-refractivity contribution in [1.82, 2.24) is 20.4 Å². The molecule has 1 aromatic carbocycles. The van der Waals surface area contributed by atoms with Crippen LogP contribution >= 0.6 is 0 Å². The standard InChI is InChI=1S/C17H21FN6/c1-2-20-17(21-7-3-9-24-10-4-8-23-24)22-13-15-6-5-14(12-19)11-16(15)18/h4-6,8,10-11H,2-3,7,9,13H2,1H3,(H2,20,21,22). The molecule has 126 valence electrons. The first-order valence-electron chi connectivity index (χ1n) is 7.91. The van der Waals surface area contributed by atoms with Gasteiger partial charge in [0.15, 0.2) is 5.96 Å². The van der Waals surface area contributed by atoms with E-state index in [4.69, 9.17) is 5.26 Å². The fraction of sp³-hybridized carbons (Fsp3) is 0.353. The van der Waals surface area contributed by atoms with Gasteiger partial charge in [-0.25, -0.2) is 9.38 Å². The first kappa shape index (κ1) is 17.5. The Morgan fingerprint density at radius 2 is 2.29 bits per heavy atom. The van der Waals surface area contributed by atoms with E-state index in [-0.39, 0.29) is 6.54 Å². The number of nitrogens with one attached hydrogen (secondary N) is 2. The first-order valence-corrected chi connectivity index (χ1v) is 7.91. The lowest BCUT2D eigenvalue weighted by molar-refractivity contribution is 0.570. The third-order valence-electron chi connectivity index (χ3n) is 3.35. The predicted octanol–water partition coefficient (Wildman–Crippen LogP) is 2.04. The summed E-state index contributed by atoms with van der Waals surface area (Å²) < 4.78 is 15.7. The zero-order chi connectivity index (χ0) is 17.2. The van der Waals surface area contributed by atoms with Crippen molar-refractivity contribution in [2.75, 3.05) is 13.1 Å². The Morgan fingerprint density at radius 3 is 2.96 bits per heavy atom. The molecule has 1 aromatic heterocycles. The van der Waals surface area contributed by atoms with E-state index < -0.39 is 5.82 Å². The van der Waals surface area contributed by atoms with Crippen molar-refractivity contribution in [2.24, 2.45) is 4.99 Å². The van der Waals surface area contributed by atoms with Gasteiger partial charge in [0.05, 0.1) is 18.2 Å². The quantitative estimate of drug-likeness (QED) is 0.463. The van der Waals surface area contributed by atoms with E-state index in [0.717, 1.165) is 26.1 Å². The fourth-order valence-corrected chi connectivity index (χ4v) is 2.13. The van der Waals surface area contributed by atoms with Gasteiger partial charge in [0, 0.05) is 37.6 Å². The molecule has 0 radical (unpaired) electrons. The second kappa shape index (κ2) is 9.30. The minimum Gasteiger partial charge on any atom is -0.357 e. The number of aliphatic imine (C=N–C) groups is 1. The van der Waals surface area contributed by atoms with Gasteiger partial charge in [-0.1, -0.05) is 6.07 Å². The van der Waals surface area contributed by atoms with Crippen LogP contribution in [-0.2, 0) is 13.1 Å². The number of hydrogen-bond acceptors (Lipinski definition) is 3. The Labute approximate surface area is 141 Å². The molecule has 2 rings (SSSR count). The fourth-order valence-electron chi connectivity index (χ4n) is 2.13. The summed E-state index contributed by atoms with van der Waals surface area (Å²) in [7, 11) is 0. The predicted molar refractivity (Wildman–Crippen MR) is 90.8 cm³/mol.